The molecule has 0 aliphatic rings. The van der Waals surface area contributed by atoms with Gasteiger partial charge in [0.05, 0.1) is 6.21 Å². The van der Waals surface area contributed by atoms with E-state index in [1.54, 1.807) is 17.0 Å². The standard InChI is InChI=1S/C20H16N4OS/c25-18-11-10-15-8-4-5-9-16(15)17(18)13-21-24-19(22-23-20(24)26)12-14-6-2-1-3-7-14/h1-11,13,25H,12H2,(H,23,26)/b21-13-. The Morgan fingerprint density at radius 3 is 2.65 bits per heavy atom. The minimum atomic E-state index is 0.173. The quantitative estimate of drug-likeness (QED) is 0.422. The number of H-pyrrole nitrogens is 1. The number of phenolic OH excluding ortho intramolecular Hbond substituents is 1. The van der Waals surface area contributed by atoms with E-state index in [1.807, 2.05) is 60.7 Å². The lowest BCUT2D eigenvalue weighted by molar-refractivity contribution is 0.475. The number of phenols is 1. The highest BCUT2D eigenvalue weighted by molar-refractivity contribution is 7.71. The van der Waals surface area contributed by atoms with E-state index in [0.717, 1.165) is 16.3 Å². The van der Waals surface area contributed by atoms with Crippen LogP contribution in [0, 0.1) is 4.77 Å². The van der Waals surface area contributed by atoms with Crippen molar-refractivity contribution in [2.75, 3.05) is 0 Å². The summed E-state index contributed by atoms with van der Waals surface area (Å²) in [6, 6.07) is 21.4. The van der Waals surface area contributed by atoms with Crippen LogP contribution < -0.4 is 0 Å². The molecule has 26 heavy (non-hydrogen) atoms. The predicted octanol–water partition coefficient (Wildman–Crippen LogP) is 4.27. The van der Waals surface area contributed by atoms with Gasteiger partial charge in [0.1, 0.15) is 5.75 Å². The van der Waals surface area contributed by atoms with E-state index in [0.29, 0.717) is 22.6 Å². The predicted molar refractivity (Wildman–Crippen MR) is 105 cm³/mol. The van der Waals surface area contributed by atoms with Gasteiger partial charge in [0.2, 0.25) is 4.77 Å². The number of hydrogen-bond donors (Lipinski definition) is 2. The van der Waals surface area contributed by atoms with Crippen LogP contribution in [-0.4, -0.2) is 26.2 Å². The highest BCUT2D eigenvalue weighted by Gasteiger charge is 2.08. The third kappa shape index (κ3) is 3.14. The highest BCUT2D eigenvalue weighted by Crippen LogP contribution is 2.25. The van der Waals surface area contributed by atoms with E-state index in [9.17, 15) is 5.11 Å². The second-order valence-electron chi connectivity index (χ2n) is 5.88. The van der Waals surface area contributed by atoms with Crippen LogP contribution in [0.5, 0.6) is 5.75 Å². The van der Waals surface area contributed by atoms with Crippen LogP contribution in [0.4, 0.5) is 0 Å². The maximum Gasteiger partial charge on any atom is 0.216 e. The first-order valence-electron chi connectivity index (χ1n) is 8.17. The van der Waals surface area contributed by atoms with Gasteiger partial charge in [-0.05, 0) is 34.6 Å². The van der Waals surface area contributed by atoms with Gasteiger partial charge in [0.15, 0.2) is 5.82 Å². The van der Waals surface area contributed by atoms with Crippen molar-refractivity contribution in [3.8, 4) is 5.75 Å². The van der Waals surface area contributed by atoms with Crippen LogP contribution in [0.15, 0.2) is 71.8 Å². The lowest BCUT2D eigenvalue weighted by Gasteiger charge is -2.05. The van der Waals surface area contributed by atoms with Crippen molar-refractivity contribution >= 4 is 29.2 Å². The summed E-state index contributed by atoms with van der Waals surface area (Å²) >= 11 is 5.30. The average molecular weight is 360 g/mol. The molecule has 0 spiro atoms. The molecule has 0 saturated carbocycles. The summed E-state index contributed by atoms with van der Waals surface area (Å²) in [5, 5.41) is 23.8. The molecule has 6 heteroatoms. The van der Waals surface area contributed by atoms with Crippen LogP contribution in [0.1, 0.15) is 17.0 Å². The number of aromatic nitrogens is 3. The number of hydrogen-bond acceptors (Lipinski definition) is 4. The molecule has 0 radical (unpaired) electrons. The summed E-state index contributed by atoms with van der Waals surface area (Å²) in [5.41, 5.74) is 1.77. The molecule has 4 rings (SSSR count). The van der Waals surface area contributed by atoms with Crippen molar-refractivity contribution < 1.29 is 5.11 Å². The van der Waals surface area contributed by atoms with Crippen molar-refractivity contribution in [2.24, 2.45) is 5.10 Å². The molecule has 5 nitrogen and oxygen atoms in total. The summed E-state index contributed by atoms with van der Waals surface area (Å²) in [6.07, 6.45) is 2.23. The Morgan fingerprint density at radius 1 is 1.04 bits per heavy atom. The topological polar surface area (TPSA) is 66.2 Å². The first-order valence-corrected chi connectivity index (χ1v) is 8.58. The molecular weight excluding hydrogens is 344 g/mol. The number of benzene rings is 3. The number of nitrogens with one attached hydrogen (secondary N) is 1. The summed E-state index contributed by atoms with van der Waals surface area (Å²) in [4.78, 5) is 0. The summed E-state index contributed by atoms with van der Waals surface area (Å²) in [6.45, 7) is 0. The average Bonchev–Trinajstić information content (AvgIpc) is 3.01. The lowest BCUT2D eigenvalue weighted by atomic mass is 10.0. The molecule has 0 fully saturated rings. The van der Waals surface area contributed by atoms with Gasteiger partial charge >= 0.3 is 0 Å². The van der Waals surface area contributed by atoms with Crippen molar-refractivity contribution in [2.45, 2.75) is 6.42 Å². The Morgan fingerprint density at radius 2 is 1.81 bits per heavy atom. The molecule has 0 saturated heterocycles. The van der Waals surface area contributed by atoms with Crippen molar-refractivity contribution in [1.82, 2.24) is 14.9 Å². The van der Waals surface area contributed by atoms with Gasteiger partial charge in [-0.3, -0.25) is 5.10 Å². The van der Waals surface area contributed by atoms with Crippen LogP contribution >= 0.6 is 12.2 Å². The van der Waals surface area contributed by atoms with Gasteiger partial charge in [0.25, 0.3) is 0 Å². The minimum absolute atomic E-state index is 0.173. The summed E-state index contributed by atoms with van der Waals surface area (Å²) in [7, 11) is 0. The Hall–Kier alpha value is -3.25. The Balaban J connectivity index is 1.74. The van der Waals surface area contributed by atoms with Gasteiger partial charge in [-0.1, -0.05) is 60.7 Å². The zero-order valence-corrected chi connectivity index (χ0v) is 14.6. The number of nitrogens with zero attached hydrogens (tertiary/aromatic N) is 3. The highest BCUT2D eigenvalue weighted by atomic mass is 32.1. The van der Waals surface area contributed by atoms with E-state index in [1.165, 1.54) is 0 Å². The van der Waals surface area contributed by atoms with Gasteiger partial charge in [-0.25, -0.2) is 0 Å². The second kappa shape index (κ2) is 6.93. The van der Waals surface area contributed by atoms with Gasteiger partial charge in [0, 0.05) is 12.0 Å². The fourth-order valence-electron chi connectivity index (χ4n) is 2.87. The molecule has 0 amide bonds. The van der Waals surface area contributed by atoms with Crippen LogP contribution in [-0.2, 0) is 6.42 Å². The van der Waals surface area contributed by atoms with Crippen molar-refractivity contribution in [1.29, 1.82) is 0 Å². The van der Waals surface area contributed by atoms with Crippen molar-refractivity contribution in [3.05, 3.63) is 88.5 Å². The lowest BCUT2D eigenvalue weighted by Crippen LogP contribution is -2.00. The third-order valence-corrected chi connectivity index (χ3v) is 4.44. The fraction of sp³-hybridized carbons (Fsp3) is 0.0500. The number of aromatic hydroxyl groups is 1. The first kappa shape index (κ1) is 16.2. The third-order valence-electron chi connectivity index (χ3n) is 4.17. The SMILES string of the molecule is Oc1ccc2ccccc2c1/C=N\n1c(Cc2ccccc2)n[nH]c1=S. The Kier molecular flexibility index (Phi) is 4.33. The number of aromatic amines is 1. The van der Waals surface area contributed by atoms with E-state index < -0.39 is 0 Å². The van der Waals surface area contributed by atoms with E-state index in [2.05, 4.69) is 15.3 Å². The van der Waals surface area contributed by atoms with Crippen molar-refractivity contribution in [3.63, 3.8) is 0 Å². The summed E-state index contributed by atoms with van der Waals surface area (Å²) in [5.74, 6) is 0.879. The fourth-order valence-corrected chi connectivity index (χ4v) is 3.07. The van der Waals surface area contributed by atoms with E-state index in [4.69, 9.17) is 12.2 Å². The smallest absolute Gasteiger partial charge is 0.216 e. The normalized spacial score (nSPS) is 11.4. The molecule has 0 aliphatic carbocycles. The Labute approximate surface area is 155 Å². The van der Waals surface area contributed by atoms with E-state index in [-0.39, 0.29) is 5.75 Å². The second-order valence-corrected chi connectivity index (χ2v) is 6.27. The Bertz CT molecular complexity index is 1150. The molecule has 0 aliphatic heterocycles. The van der Waals surface area contributed by atoms with Crippen LogP contribution in [0.2, 0.25) is 0 Å². The molecular formula is C20H16N4OS. The zero-order chi connectivity index (χ0) is 17.9. The van der Waals surface area contributed by atoms with Gasteiger partial charge < -0.3 is 5.11 Å². The molecule has 0 atom stereocenters. The largest absolute Gasteiger partial charge is 0.507 e. The molecule has 4 aromatic rings. The molecule has 1 aromatic heterocycles. The van der Waals surface area contributed by atoms with Crippen LogP contribution in [0.3, 0.4) is 0 Å². The molecule has 1 heterocycles. The monoisotopic (exact) mass is 360 g/mol. The summed E-state index contributed by atoms with van der Waals surface area (Å²) < 4.78 is 2.00. The number of rotatable bonds is 4. The molecule has 3 aromatic carbocycles. The maximum atomic E-state index is 10.3. The first-order chi connectivity index (χ1) is 12.7. The van der Waals surface area contributed by atoms with Crippen LogP contribution in [0.25, 0.3) is 10.8 Å². The minimum Gasteiger partial charge on any atom is -0.507 e. The molecule has 0 unspecified atom stereocenters. The number of fused-ring (bicyclic) bond motifs is 1. The maximum absolute atomic E-state index is 10.3. The van der Waals surface area contributed by atoms with Gasteiger partial charge in [-0.15, -0.1) is 0 Å². The molecule has 128 valence electrons. The molecule has 2 N–H and O–H groups in total. The van der Waals surface area contributed by atoms with E-state index >= 15 is 0 Å². The molecule has 0 bridgehead atoms. The van der Waals surface area contributed by atoms with Gasteiger partial charge in [-0.2, -0.15) is 14.9 Å². The zero-order valence-electron chi connectivity index (χ0n) is 13.8.